The molecule has 3 rings (SSSR count). The fourth-order valence-electron chi connectivity index (χ4n) is 2.78. The minimum atomic E-state index is -3.54. The van der Waals surface area contributed by atoms with Gasteiger partial charge in [-0.15, -0.1) is 0 Å². The first-order valence-electron chi connectivity index (χ1n) is 7.88. The minimum Gasteiger partial charge on any atom is -0.326 e. The minimum absolute atomic E-state index is 0.124. The second kappa shape index (κ2) is 6.95. The first kappa shape index (κ1) is 17.0. The molecule has 2 aromatic rings. The molecule has 0 bridgehead atoms. The van der Waals surface area contributed by atoms with Crippen LogP contribution in [0.2, 0.25) is 0 Å². The molecule has 1 heterocycles. The number of para-hydroxylation sites is 1. The number of carbonyl (C=O) groups is 1. The van der Waals surface area contributed by atoms with Gasteiger partial charge >= 0.3 is 0 Å². The summed E-state index contributed by atoms with van der Waals surface area (Å²) in [6.45, 7) is 0.416. The Morgan fingerprint density at radius 2 is 1.88 bits per heavy atom. The normalized spacial score (nSPS) is 13.2. The lowest BCUT2D eigenvalue weighted by molar-refractivity contribution is -0.115. The molecule has 0 saturated heterocycles. The molecule has 0 unspecified atom stereocenters. The number of nitrogens with zero attached hydrogens (tertiary/aromatic N) is 2. The van der Waals surface area contributed by atoms with Crippen molar-refractivity contribution in [1.29, 1.82) is 5.26 Å². The fraction of sp³-hybridized carbons (Fsp3) is 0.222. The standard InChI is InChI=1S/C18H17N3O3S/c19-13-14-5-7-16(8-6-14)20-18(22)10-12-25(23,24)21-11-9-15-3-1-2-4-17(15)21/h1-8H,9-12H2,(H,20,22). The first-order chi connectivity index (χ1) is 12.0. The molecule has 0 fully saturated rings. The maximum Gasteiger partial charge on any atom is 0.235 e. The van der Waals surface area contributed by atoms with E-state index in [1.807, 2.05) is 24.3 Å². The van der Waals surface area contributed by atoms with Crippen molar-refractivity contribution in [3.05, 3.63) is 59.7 Å². The summed E-state index contributed by atoms with van der Waals surface area (Å²) >= 11 is 0. The third-order valence-corrected chi connectivity index (χ3v) is 5.84. The number of anilines is 2. The Kier molecular flexibility index (Phi) is 4.72. The number of hydrogen-bond acceptors (Lipinski definition) is 4. The number of nitrogens with one attached hydrogen (secondary N) is 1. The van der Waals surface area contributed by atoms with Gasteiger partial charge in [0.25, 0.3) is 0 Å². The summed E-state index contributed by atoms with van der Waals surface area (Å²) in [5.74, 6) is -0.621. The second-order valence-electron chi connectivity index (χ2n) is 5.75. The summed E-state index contributed by atoms with van der Waals surface area (Å²) in [6, 6.07) is 15.8. The predicted octanol–water partition coefficient (Wildman–Crippen LogP) is 2.28. The molecule has 0 atom stereocenters. The highest BCUT2D eigenvalue weighted by Gasteiger charge is 2.29. The third-order valence-electron chi connectivity index (χ3n) is 4.07. The van der Waals surface area contributed by atoms with Gasteiger partial charge < -0.3 is 5.32 Å². The molecule has 1 aliphatic rings. The average molecular weight is 355 g/mol. The van der Waals surface area contributed by atoms with Crippen LogP contribution >= 0.6 is 0 Å². The lowest BCUT2D eigenvalue weighted by Crippen LogP contribution is -2.32. The van der Waals surface area contributed by atoms with E-state index in [2.05, 4.69) is 5.32 Å². The Morgan fingerprint density at radius 1 is 1.16 bits per heavy atom. The number of benzene rings is 2. The summed E-state index contributed by atoms with van der Waals surface area (Å²) in [4.78, 5) is 12.0. The smallest absolute Gasteiger partial charge is 0.235 e. The molecule has 0 radical (unpaired) electrons. The van der Waals surface area contributed by atoms with Gasteiger partial charge in [0.1, 0.15) is 0 Å². The van der Waals surface area contributed by atoms with Gasteiger partial charge in [-0.25, -0.2) is 8.42 Å². The maximum absolute atomic E-state index is 12.5. The third kappa shape index (κ3) is 3.80. The number of sulfonamides is 1. The maximum atomic E-state index is 12.5. The molecular formula is C18H17N3O3S. The SMILES string of the molecule is N#Cc1ccc(NC(=O)CCS(=O)(=O)N2CCc3ccccc32)cc1. The van der Waals surface area contributed by atoms with Gasteiger partial charge in [0.05, 0.1) is 23.1 Å². The number of carbonyl (C=O) groups excluding carboxylic acids is 1. The zero-order chi connectivity index (χ0) is 17.9. The molecule has 128 valence electrons. The summed E-state index contributed by atoms with van der Waals surface area (Å²) < 4.78 is 26.5. The van der Waals surface area contributed by atoms with Crippen LogP contribution in [0.25, 0.3) is 0 Å². The molecule has 25 heavy (non-hydrogen) atoms. The zero-order valence-corrected chi connectivity index (χ0v) is 14.3. The van der Waals surface area contributed by atoms with E-state index < -0.39 is 10.0 Å². The van der Waals surface area contributed by atoms with E-state index >= 15 is 0 Å². The van der Waals surface area contributed by atoms with Crippen molar-refractivity contribution < 1.29 is 13.2 Å². The van der Waals surface area contributed by atoms with E-state index in [4.69, 9.17) is 5.26 Å². The van der Waals surface area contributed by atoms with E-state index in [0.29, 0.717) is 29.9 Å². The van der Waals surface area contributed by atoms with Gasteiger partial charge in [-0.2, -0.15) is 5.26 Å². The Balaban J connectivity index is 1.60. The quantitative estimate of drug-likeness (QED) is 0.891. The van der Waals surface area contributed by atoms with Gasteiger partial charge in [-0.1, -0.05) is 18.2 Å². The molecule has 0 spiro atoms. The topological polar surface area (TPSA) is 90.3 Å². The van der Waals surface area contributed by atoms with Crippen LogP contribution in [0.4, 0.5) is 11.4 Å². The van der Waals surface area contributed by atoms with Gasteiger partial charge in [0, 0.05) is 18.7 Å². The summed E-state index contributed by atoms with van der Waals surface area (Å²) in [5.41, 5.74) is 2.74. The molecule has 0 saturated carbocycles. The summed E-state index contributed by atoms with van der Waals surface area (Å²) in [6.07, 6.45) is 0.563. The monoisotopic (exact) mass is 355 g/mol. The van der Waals surface area contributed by atoms with Crippen molar-refractivity contribution in [2.75, 3.05) is 21.9 Å². The fourth-order valence-corrected chi connectivity index (χ4v) is 4.29. The molecule has 1 aliphatic heterocycles. The number of amides is 1. The molecule has 1 amide bonds. The van der Waals surface area contributed by atoms with E-state index in [1.165, 1.54) is 4.31 Å². The highest BCUT2D eigenvalue weighted by atomic mass is 32.2. The van der Waals surface area contributed by atoms with Gasteiger partial charge in [-0.05, 0) is 42.3 Å². The van der Waals surface area contributed by atoms with Crippen LogP contribution in [0.15, 0.2) is 48.5 Å². The average Bonchev–Trinajstić information content (AvgIpc) is 3.06. The van der Waals surface area contributed by atoms with Crippen LogP contribution in [0.1, 0.15) is 17.5 Å². The highest BCUT2D eigenvalue weighted by Crippen LogP contribution is 2.30. The number of hydrogen-bond donors (Lipinski definition) is 1. The van der Waals surface area contributed by atoms with Crippen LogP contribution < -0.4 is 9.62 Å². The van der Waals surface area contributed by atoms with E-state index in [0.717, 1.165) is 5.56 Å². The molecule has 2 aromatic carbocycles. The predicted molar refractivity (Wildman–Crippen MR) is 95.7 cm³/mol. The second-order valence-corrected chi connectivity index (χ2v) is 7.77. The van der Waals surface area contributed by atoms with Gasteiger partial charge in [0.2, 0.25) is 15.9 Å². The van der Waals surface area contributed by atoms with E-state index in [1.54, 1.807) is 30.3 Å². The van der Waals surface area contributed by atoms with Crippen LogP contribution in [-0.4, -0.2) is 26.6 Å². The van der Waals surface area contributed by atoms with Gasteiger partial charge in [-0.3, -0.25) is 9.10 Å². The lowest BCUT2D eigenvalue weighted by Gasteiger charge is -2.19. The van der Waals surface area contributed by atoms with Crippen LogP contribution in [0.5, 0.6) is 0 Å². The lowest BCUT2D eigenvalue weighted by atomic mass is 10.2. The Hall–Kier alpha value is -2.85. The Morgan fingerprint density at radius 3 is 2.60 bits per heavy atom. The Labute approximate surface area is 146 Å². The summed E-state index contributed by atoms with van der Waals surface area (Å²) in [7, 11) is -3.54. The van der Waals surface area contributed by atoms with Crippen molar-refractivity contribution in [1.82, 2.24) is 0 Å². The van der Waals surface area contributed by atoms with E-state index in [-0.39, 0.29) is 18.1 Å². The molecule has 7 heteroatoms. The van der Waals surface area contributed by atoms with Crippen LogP contribution in [-0.2, 0) is 21.2 Å². The zero-order valence-electron chi connectivity index (χ0n) is 13.5. The molecule has 1 N–H and O–H groups in total. The largest absolute Gasteiger partial charge is 0.326 e. The van der Waals surface area contributed by atoms with Crippen molar-refractivity contribution in [2.24, 2.45) is 0 Å². The van der Waals surface area contributed by atoms with Crippen molar-refractivity contribution in [3.8, 4) is 6.07 Å². The van der Waals surface area contributed by atoms with E-state index in [9.17, 15) is 13.2 Å². The van der Waals surface area contributed by atoms with Crippen molar-refractivity contribution >= 4 is 27.3 Å². The highest BCUT2D eigenvalue weighted by molar-refractivity contribution is 7.92. The molecular weight excluding hydrogens is 338 g/mol. The van der Waals surface area contributed by atoms with Gasteiger partial charge in [0.15, 0.2) is 0 Å². The van der Waals surface area contributed by atoms with Crippen LogP contribution in [0, 0.1) is 11.3 Å². The number of fused-ring (bicyclic) bond motifs is 1. The number of rotatable bonds is 5. The molecule has 0 aliphatic carbocycles. The van der Waals surface area contributed by atoms with Crippen molar-refractivity contribution in [2.45, 2.75) is 12.8 Å². The van der Waals surface area contributed by atoms with Crippen molar-refractivity contribution in [3.63, 3.8) is 0 Å². The summed E-state index contributed by atoms with van der Waals surface area (Å²) in [5, 5.41) is 11.4. The first-order valence-corrected chi connectivity index (χ1v) is 9.49. The number of nitriles is 1. The van der Waals surface area contributed by atoms with Crippen LogP contribution in [0.3, 0.4) is 0 Å². The molecule has 0 aromatic heterocycles. The Bertz CT molecular complexity index is 931. The molecule has 6 nitrogen and oxygen atoms in total.